The van der Waals surface area contributed by atoms with Gasteiger partial charge in [0.05, 0.1) is 16.6 Å². The van der Waals surface area contributed by atoms with E-state index in [1.54, 1.807) is 16.9 Å². The number of anilines is 1. The highest BCUT2D eigenvalue weighted by Crippen LogP contribution is 2.40. The maximum Gasteiger partial charge on any atom is 0.258 e. The molecule has 7 nitrogen and oxygen atoms in total. The number of aromatic nitrogens is 5. The van der Waals surface area contributed by atoms with Crippen LogP contribution in [0, 0.1) is 13.8 Å². The maximum atomic E-state index is 12.8. The van der Waals surface area contributed by atoms with Crippen molar-refractivity contribution in [2.75, 3.05) is 5.32 Å². The molecule has 0 saturated heterocycles. The average Bonchev–Trinajstić information content (AvgIpc) is 3.34. The molecule has 24 heavy (non-hydrogen) atoms. The predicted octanol–water partition coefficient (Wildman–Crippen LogP) is 2.50. The van der Waals surface area contributed by atoms with Crippen LogP contribution in [-0.2, 0) is 7.05 Å². The molecule has 1 N–H and O–H groups in total. The van der Waals surface area contributed by atoms with Gasteiger partial charge in [0.1, 0.15) is 0 Å². The summed E-state index contributed by atoms with van der Waals surface area (Å²) in [5, 5.41) is 7.99. The van der Waals surface area contributed by atoms with Crippen molar-refractivity contribution in [3.05, 3.63) is 41.0 Å². The Morgan fingerprint density at radius 2 is 2.08 bits per heavy atom. The van der Waals surface area contributed by atoms with Crippen molar-refractivity contribution < 1.29 is 4.79 Å². The van der Waals surface area contributed by atoms with E-state index >= 15 is 0 Å². The third-order valence-electron chi connectivity index (χ3n) is 4.25. The molecule has 0 bridgehead atoms. The molecule has 3 heterocycles. The van der Waals surface area contributed by atoms with Crippen LogP contribution < -0.4 is 5.32 Å². The second-order valence-electron chi connectivity index (χ2n) is 6.25. The minimum Gasteiger partial charge on any atom is -0.290 e. The van der Waals surface area contributed by atoms with E-state index in [2.05, 4.69) is 20.4 Å². The summed E-state index contributed by atoms with van der Waals surface area (Å²) in [6.45, 7) is 3.75. The molecule has 1 aliphatic rings. The number of aryl methyl sites for hydroxylation is 3. The van der Waals surface area contributed by atoms with Crippen molar-refractivity contribution >= 4 is 22.9 Å². The largest absolute Gasteiger partial charge is 0.290 e. The van der Waals surface area contributed by atoms with Crippen molar-refractivity contribution in [1.82, 2.24) is 24.7 Å². The highest BCUT2D eigenvalue weighted by molar-refractivity contribution is 6.12. The average molecular weight is 322 g/mol. The van der Waals surface area contributed by atoms with Gasteiger partial charge in [0.2, 0.25) is 5.95 Å². The van der Waals surface area contributed by atoms with E-state index in [1.165, 1.54) is 0 Å². The Balaban J connectivity index is 1.80. The predicted molar refractivity (Wildman–Crippen MR) is 89.9 cm³/mol. The summed E-state index contributed by atoms with van der Waals surface area (Å²) in [6.07, 6.45) is 3.87. The molecule has 122 valence electrons. The lowest BCUT2D eigenvalue weighted by molar-refractivity contribution is 0.102. The van der Waals surface area contributed by atoms with Crippen LogP contribution in [0.3, 0.4) is 0 Å². The van der Waals surface area contributed by atoms with Crippen LogP contribution >= 0.6 is 0 Å². The van der Waals surface area contributed by atoms with E-state index in [-0.39, 0.29) is 5.91 Å². The lowest BCUT2D eigenvalue weighted by atomic mass is 10.1. The molecule has 1 fully saturated rings. The van der Waals surface area contributed by atoms with Gasteiger partial charge in [-0.15, -0.1) is 0 Å². The molecule has 1 aliphatic carbocycles. The van der Waals surface area contributed by atoms with Crippen LogP contribution in [0.25, 0.3) is 11.0 Å². The summed E-state index contributed by atoms with van der Waals surface area (Å²) < 4.78 is 1.73. The summed E-state index contributed by atoms with van der Waals surface area (Å²) >= 11 is 0. The lowest BCUT2D eigenvalue weighted by Gasteiger charge is -2.08. The number of fused-ring (bicyclic) bond motifs is 1. The Bertz CT molecular complexity index is 957. The topological polar surface area (TPSA) is 85.6 Å². The van der Waals surface area contributed by atoms with Gasteiger partial charge in [-0.05, 0) is 38.8 Å². The van der Waals surface area contributed by atoms with E-state index < -0.39 is 0 Å². The van der Waals surface area contributed by atoms with Crippen LogP contribution in [-0.4, -0.2) is 30.6 Å². The minimum atomic E-state index is -0.231. The third-order valence-corrected chi connectivity index (χ3v) is 4.25. The zero-order valence-electron chi connectivity index (χ0n) is 13.9. The van der Waals surface area contributed by atoms with Gasteiger partial charge in [0, 0.05) is 30.6 Å². The van der Waals surface area contributed by atoms with E-state index in [0.29, 0.717) is 17.4 Å². The molecule has 7 heteroatoms. The van der Waals surface area contributed by atoms with E-state index in [0.717, 1.165) is 41.0 Å². The molecule has 0 atom stereocenters. The number of rotatable bonds is 3. The molecule has 0 unspecified atom stereocenters. The molecule has 1 saturated carbocycles. The van der Waals surface area contributed by atoms with E-state index in [4.69, 9.17) is 4.98 Å². The van der Waals surface area contributed by atoms with Gasteiger partial charge in [-0.3, -0.25) is 14.8 Å². The highest BCUT2D eigenvalue weighted by Gasteiger charge is 2.28. The number of pyridine rings is 1. The van der Waals surface area contributed by atoms with E-state index in [9.17, 15) is 4.79 Å². The Morgan fingerprint density at radius 1 is 1.29 bits per heavy atom. The van der Waals surface area contributed by atoms with Crippen molar-refractivity contribution in [3.8, 4) is 0 Å². The van der Waals surface area contributed by atoms with Gasteiger partial charge < -0.3 is 0 Å². The number of nitrogens with one attached hydrogen (secondary N) is 1. The van der Waals surface area contributed by atoms with Crippen LogP contribution in [0.15, 0.2) is 18.3 Å². The molecule has 0 radical (unpaired) electrons. The molecule has 1 amide bonds. The van der Waals surface area contributed by atoms with Crippen LogP contribution in [0.4, 0.5) is 5.95 Å². The van der Waals surface area contributed by atoms with Crippen molar-refractivity contribution in [3.63, 3.8) is 0 Å². The fraction of sp³-hybridized carbons (Fsp3) is 0.353. The Kier molecular flexibility index (Phi) is 3.30. The standard InChI is InChI=1S/C17H18N6O/c1-9-6-7-18-17(19-9)21-16(24)12-8-13(11-4-5-11)20-15-14(12)10(2)22-23(15)3/h6-8,11H,4-5H2,1-3H3,(H,18,19,21,24). The molecule has 0 aromatic carbocycles. The maximum absolute atomic E-state index is 12.8. The summed E-state index contributed by atoms with van der Waals surface area (Å²) in [7, 11) is 1.85. The molecule has 3 aromatic rings. The number of nitrogens with zero attached hydrogens (tertiary/aromatic N) is 5. The number of carbonyl (C=O) groups is 1. The van der Waals surface area contributed by atoms with Crippen molar-refractivity contribution in [2.24, 2.45) is 7.05 Å². The fourth-order valence-corrected chi connectivity index (χ4v) is 2.91. The molecule has 3 aromatic heterocycles. The second kappa shape index (κ2) is 5.36. The van der Waals surface area contributed by atoms with Crippen LogP contribution in [0.5, 0.6) is 0 Å². The molecular formula is C17H18N6O. The Labute approximate surface area is 139 Å². The van der Waals surface area contributed by atoms with E-state index in [1.807, 2.05) is 27.0 Å². The number of carbonyl (C=O) groups excluding carboxylic acids is 1. The molecule has 0 spiro atoms. The summed E-state index contributed by atoms with van der Waals surface area (Å²) in [4.78, 5) is 25.9. The summed E-state index contributed by atoms with van der Waals surface area (Å²) in [5.74, 6) is 0.525. The van der Waals surface area contributed by atoms with Gasteiger partial charge in [-0.25, -0.2) is 15.0 Å². The zero-order valence-corrected chi connectivity index (χ0v) is 13.9. The normalized spacial score (nSPS) is 14.1. The number of amides is 1. The fourth-order valence-electron chi connectivity index (χ4n) is 2.91. The quantitative estimate of drug-likeness (QED) is 0.801. The smallest absolute Gasteiger partial charge is 0.258 e. The molecule has 0 aliphatic heterocycles. The first kappa shape index (κ1) is 14.7. The number of hydrogen-bond acceptors (Lipinski definition) is 5. The van der Waals surface area contributed by atoms with Gasteiger partial charge in [-0.2, -0.15) is 5.10 Å². The first-order valence-electron chi connectivity index (χ1n) is 7.98. The monoisotopic (exact) mass is 322 g/mol. The van der Waals surface area contributed by atoms with Crippen LogP contribution in [0.2, 0.25) is 0 Å². The van der Waals surface area contributed by atoms with Crippen molar-refractivity contribution in [1.29, 1.82) is 0 Å². The number of hydrogen-bond donors (Lipinski definition) is 1. The molecule has 4 rings (SSSR count). The second-order valence-corrected chi connectivity index (χ2v) is 6.25. The summed E-state index contributed by atoms with van der Waals surface area (Å²) in [6, 6.07) is 3.68. The third kappa shape index (κ3) is 2.51. The van der Waals surface area contributed by atoms with Crippen molar-refractivity contribution in [2.45, 2.75) is 32.6 Å². The summed E-state index contributed by atoms with van der Waals surface area (Å²) in [5.41, 5.74) is 3.87. The van der Waals surface area contributed by atoms with Gasteiger partial charge in [0.25, 0.3) is 5.91 Å². The lowest BCUT2D eigenvalue weighted by Crippen LogP contribution is -2.16. The minimum absolute atomic E-state index is 0.231. The first-order chi connectivity index (χ1) is 11.5. The van der Waals surface area contributed by atoms with Gasteiger partial charge in [0.15, 0.2) is 5.65 Å². The Morgan fingerprint density at radius 3 is 2.79 bits per heavy atom. The van der Waals surface area contributed by atoms with Gasteiger partial charge in [-0.1, -0.05) is 0 Å². The zero-order chi connectivity index (χ0) is 16.8. The van der Waals surface area contributed by atoms with Crippen LogP contribution in [0.1, 0.15) is 46.2 Å². The highest BCUT2D eigenvalue weighted by atomic mass is 16.1. The Hall–Kier alpha value is -2.83. The molecular weight excluding hydrogens is 304 g/mol. The SMILES string of the molecule is Cc1ccnc(NC(=O)c2cc(C3CC3)nc3c2c(C)nn3C)n1. The first-order valence-corrected chi connectivity index (χ1v) is 7.98. The van der Waals surface area contributed by atoms with Gasteiger partial charge >= 0.3 is 0 Å².